The van der Waals surface area contributed by atoms with E-state index in [1.54, 1.807) is 19.1 Å². The molecule has 0 radical (unpaired) electrons. The smallest absolute Gasteiger partial charge is 0.349 e. The van der Waals surface area contributed by atoms with Crippen LogP contribution in [-0.2, 0) is 0 Å². The Hall–Kier alpha value is -2.14. The average Bonchev–Trinajstić information content (AvgIpc) is 2.48. The number of hydrogen-bond donors (Lipinski definition) is 2. The fraction of sp³-hybridized carbons (Fsp3) is 0.375. The molecule has 1 aromatic carbocycles. The highest BCUT2D eigenvalue weighted by Crippen LogP contribution is 2.19. The van der Waals surface area contributed by atoms with Crippen LogP contribution in [0.1, 0.15) is 28.8 Å². The maximum atomic E-state index is 12.4. The average molecular weight is 286 g/mol. The lowest BCUT2D eigenvalue weighted by atomic mass is 10.0. The van der Waals surface area contributed by atoms with Crippen molar-refractivity contribution in [3.8, 4) is 0 Å². The second-order valence-corrected chi connectivity index (χ2v) is 5.40. The summed E-state index contributed by atoms with van der Waals surface area (Å²) in [5.41, 5.74) is 0.714. The molecule has 21 heavy (non-hydrogen) atoms. The zero-order chi connectivity index (χ0) is 14.8. The predicted molar refractivity (Wildman–Crippen MR) is 80.6 cm³/mol. The van der Waals surface area contributed by atoms with E-state index in [0.29, 0.717) is 11.1 Å². The second-order valence-electron chi connectivity index (χ2n) is 5.40. The van der Waals surface area contributed by atoms with E-state index in [4.69, 9.17) is 4.42 Å². The molecule has 0 spiro atoms. The van der Waals surface area contributed by atoms with Gasteiger partial charge < -0.3 is 15.1 Å². The third kappa shape index (κ3) is 2.69. The van der Waals surface area contributed by atoms with Crippen LogP contribution in [0.3, 0.4) is 0 Å². The monoisotopic (exact) mass is 286 g/mol. The molecule has 5 heteroatoms. The van der Waals surface area contributed by atoms with E-state index in [0.717, 1.165) is 31.3 Å². The number of nitrogens with one attached hydrogen (secondary N) is 2. The van der Waals surface area contributed by atoms with E-state index in [2.05, 4.69) is 10.6 Å². The van der Waals surface area contributed by atoms with Gasteiger partial charge in [-0.15, -0.1) is 0 Å². The van der Waals surface area contributed by atoms with Crippen molar-refractivity contribution in [3.63, 3.8) is 0 Å². The van der Waals surface area contributed by atoms with Gasteiger partial charge in [-0.1, -0.05) is 18.2 Å². The number of benzene rings is 1. The summed E-state index contributed by atoms with van der Waals surface area (Å²) < 4.78 is 5.25. The molecule has 0 bridgehead atoms. The molecule has 1 fully saturated rings. The molecule has 1 saturated heterocycles. The molecule has 1 unspecified atom stereocenters. The van der Waals surface area contributed by atoms with Crippen molar-refractivity contribution in [1.82, 2.24) is 10.6 Å². The molecule has 110 valence electrons. The molecule has 1 aliphatic heterocycles. The van der Waals surface area contributed by atoms with Crippen molar-refractivity contribution in [2.75, 3.05) is 13.1 Å². The van der Waals surface area contributed by atoms with E-state index in [-0.39, 0.29) is 17.5 Å². The van der Waals surface area contributed by atoms with Crippen molar-refractivity contribution in [1.29, 1.82) is 0 Å². The van der Waals surface area contributed by atoms with Gasteiger partial charge in [-0.05, 0) is 37.9 Å². The van der Waals surface area contributed by atoms with Crippen molar-refractivity contribution in [2.45, 2.75) is 25.8 Å². The molecular formula is C16H18N2O3. The summed E-state index contributed by atoms with van der Waals surface area (Å²) >= 11 is 0. The van der Waals surface area contributed by atoms with E-state index in [1.807, 2.05) is 12.1 Å². The highest BCUT2D eigenvalue weighted by atomic mass is 16.4. The van der Waals surface area contributed by atoms with Gasteiger partial charge in [0.2, 0.25) is 0 Å². The molecule has 1 atom stereocenters. The summed E-state index contributed by atoms with van der Waals surface area (Å²) in [6.07, 6.45) is 1.95. The fourth-order valence-electron chi connectivity index (χ4n) is 2.80. The first-order chi connectivity index (χ1) is 10.2. The number of fused-ring (bicyclic) bond motifs is 1. The lowest BCUT2D eigenvalue weighted by Gasteiger charge is -2.23. The van der Waals surface area contributed by atoms with Crippen LogP contribution >= 0.6 is 0 Å². The van der Waals surface area contributed by atoms with Crippen LogP contribution < -0.4 is 16.3 Å². The van der Waals surface area contributed by atoms with Gasteiger partial charge in [0.05, 0.1) is 0 Å². The quantitative estimate of drug-likeness (QED) is 0.822. The van der Waals surface area contributed by atoms with Gasteiger partial charge in [0.15, 0.2) is 0 Å². The number of piperidine rings is 1. The summed E-state index contributed by atoms with van der Waals surface area (Å²) in [5.74, 6) is -0.347. The summed E-state index contributed by atoms with van der Waals surface area (Å²) in [6, 6.07) is 7.32. The minimum absolute atomic E-state index is 0.0662. The molecule has 2 heterocycles. The Bertz CT molecular complexity index is 730. The lowest BCUT2D eigenvalue weighted by molar-refractivity contribution is 0.0926. The molecule has 5 nitrogen and oxygen atoms in total. The fourth-order valence-corrected chi connectivity index (χ4v) is 2.80. The number of amides is 1. The summed E-state index contributed by atoms with van der Waals surface area (Å²) in [6.45, 7) is 3.50. The number of para-hydroxylation sites is 1. The second kappa shape index (κ2) is 5.69. The predicted octanol–water partition coefficient (Wildman–Crippen LogP) is 1.58. The maximum Gasteiger partial charge on any atom is 0.349 e. The summed E-state index contributed by atoms with van der Waals surface area (Å²) in [4.78, 5) is 24.5. The first-order valence-corrected chi connectivity index (χ1v) is 7.21. The van der Waals surface area contributed by atoms with E-state index in [9.17, 15) is 9.59 Å². The van der Waals surface area contributed by atoms with E-state index in [1.165, 1.54) is 0 Å². The minimum Gasteiger partial charge on any atom is -0.422 e. The highest BCUT2D eigenvalue weighted by molar-refractivity contribution is 5.99. The Morgan fingerprint density at radius 2 is 2.19 bits per heavy atom. The zero-order valence-corrected chi connectivity index (χ0v) is 11.9. The van der Waals surface area contributed by atoms with Crippen LogP contribution in [0.5, 0.6) is 0 Å². The lowest BCUT2D eigenvalue weighted by Crippen LogP contribution is -2.46. The van der Waals surface area contributed by atoms with Gasteiger partial charge in [-0.25, -0.2) is 4.79 Å². The molecule has 0 saturated carbocycles. The molecule has 3 rings (SSSR count). The number of rotatable bonds is 2. The Morgan fingerprint density at radius 1 is 1.38 bits per heavy atom. The Kier molecular flexibility index (Phi) is 3.75. The summed E-state index contributed by atoms with van der Waals surface area (Å²) in [7, 11) is 0. The normalized spacial score (nSPS) is 18.6. The van der Waals surface area contributed by atoms with Crippen molar-refractivity contribution in [2.24, 2.45) is 0 Å². The number of aryl methyl sites for hydroxylation is 1. The molecule has 2 aromatic rings. The third-order valence-electron chi connectivity index (χ3n) is 3.93. The minimum atomic E-state index is -0.576. The maximum absolute atomic E-state index is 12.4. The molecule has 2 N–H and O–H groups in total. The third-order valence-corrected chi connectivity index (χ3v) is 3.93. The highest BCUT2D eigenvalue weighted by Gasteiger charge is 2.22. The van der Waals surface area contributed by atoms with Crippen molar-refractivity contribution in [3.05, 3.63) is 45.8 Å². The number of carbonyl (C=O) groups excluding carboxylic acids is 1. The first kappa shape index (κ1) is 13.8. The van der Waals surface area contributed by atoms with E-state index < -0.39 is 5.63 Å². The van der Waals surface area contributed by atoms with Crippen molar-refractivity contribution >= 4 is 16.9 Å². The van der Waals surface area contributed by atoms with Gasteiger partial charge in [0, 0.05) is 18.0 Å². The van der Waals surface area contributed by atoms with Gasteiger partial charge >= 0.3 is 5.63 Å². The standard InChI is InChI=1S/C16H18N2O3/c1-10-12-6-2-3-7-13(12)21-16(20)14(10)15(19)18-11-5-4-8-17-9-11/h2-3,6-7,11,17H,4-5,8-9H2,1H3,(H,18,19). The zero-order valence-electron chi connectivity index (χ0n) is 11.9. The topological polar surface area (TPSA) is 71.3 Å². The molecule has 1 amide bonds. The molecule has 1 aromatic heterocycles. The van der Waals surface area contributed by atoms with E-state index >= 15 is 0 Å². The van der Waals surface area contributed by atoms with Crippen LogP contribution in [0.15, 0.2) is 33.5 Å². The summed E-state index contributed by atoms with van der Waals surface area (Å²) in [5, 5.41) is 6.95. The van der Waals surface area contributed by atoms with Crippen LogP contribution in [0.2, 0.25) is 0 Å². The van der Waals surface area contributed by atoms with Crippen LogP contribution in [0.25, 0.3) is 11.0 Å². The van der Waals surface area contributed by atoms with Gasteiger partial charge in [-0.3, -0.25) is 4.79 Å². The first-order valence-electron chi connectivity index (χ1n) is 7.21. The molecule has 1 aliphatic rings. The van der Waals surface area contributed by atoms with Crippen LogP contribution in [-0.4, -0.2) is 25.0 Å². The van der Waals surface area contributed by atoms with Crippen LogP contribution in [0.4, 0.5) is 0 Å². The Morgan fingerprint density at radius 3 is 2.95 bits per heavy atom. The largest absolute Gasteiger partial charge is 0.422 e. The van der Waals surface area contributed by atoms with Gasteiger partial charge in [0.1, 0.15) is 11.1 Å². The van der Waals surface area contributed by atoms with Crippen LogP contribution in [0, 0.1) is 6.92 Å². The van der Waals surface area contributed by atoms with Gasteiger partial charge in [-0.2, -0.15) is 0 Å². The molecular weight excluding hydrogens is 268 g/mol. The van der Waals surface area contributed by atoms with Gasteiger partial charge in [0.25, 0.3) is 5.91 Å². The number of hydrogen-bond acceptors (Lipinski definition) is 4. The Labute approximate surface area is 122 Å². The number of carbonyl (C=O) groups is 1. The Balaban J connectivity index is 1.95. The molecule has 0 aliphatic carbocycles. The SMILES string of the molecule is Cc1c(C(=O)NC2CCCNC2)c(=O)oc2ccccc12. The van der Waals surface area contributed by atoms with Crippen molar-refractivity contribution < 1.29 is 9.21 Å².